The molecule has 0 spiro atoms. The van der Waals surface area contributed by atoms with Crippen molar-refractivity contribution in [3.63, 3.8) is 0 Å². The van der Waals surface area contributed by atoms with Crippen molar-refractivity contribution in [3.05, 3.63) is 57.8 Å². The lowest BCUT2D eigenvalue weighted by molar-refractivity contribution is 0.0962. The molecule has 0 amide bonds. The summed E-state index contributed by atoms with van der Waals surface area (Å²) in [5.74, 6) is 0.661. The fraction of sp³-hybridized carbons (Fsp3) is 0.312. The molecule has 1 saturated carbocycles. The number of thiophene rings is 1. The maximum atomic E-state index is 12.4. The average Bonchev–Trinajstić information content (AvgIpc) is 2.89. The zero-order chi connectivity index (χ0) is 13.2. The van der Waals surface area contributed by atoms with Gasteiger partial charge in [0.1, 0.15) is 6.04 Å². The Hall–Kier alpha value is -1.45. The van der Waals surface area contributed by atoms with Gasteiger partial charge in [-0.05, 0) is 41.8 Å². The predicted octanol–water partition coefficient (Wildman–Crippen LogP) is 3.90. The quantitative estimate of drug-likeness (QED) is 0.857. The second-order valence-electron chi connectivity index (χ2n) is 5.11. The standard InChI is InChI=1S/C16H17NOS/c17-15(14-8-3-9-19-14)16(18)13-7-2-6-12(10-13)11-4-1-5-11/h2-3,6-11,15H,1,4-5,17H2. The van der Waals surface area contributed by atoms with Crippen LogP contribution < -0.4 is 5.73 Å². The number of carbonyl (C=O) groups is 1. The van der Waals surface area contributed by atoms with Gasteiger partial charge in [0.2, 0.25) is 0 Å². The van der Waals surface area contributed by atoms with Crippen LogP contribution in [0.2, 0.25) is 0 Å². The van der Waals surface area contributed by atoms with Gasteiger partial charge in [-0.2, -0.15) is 0 Å². The summed E-state index contributed by atoms with van der Waals surface area (Å²) in [4.78, 5) is 13.3. The van der Waals surface area contributed by atoms with Crippen LogP contribution in [-0.2, 0) is 0 Å². The van der Waals surface area contributed by atoms with E-state index in [1.165, 1.54) is 36.2 Å². The van der Waals surface area contributed by atoms with Gasteiger partial charge in [-0.3, -0.25) is 4.79 Å². The molecule has 2 N–H and O–H groups in total. The van der Waals surface area contributed by atoms with Crippen molar-refractivity contribution in [1.82, 2.24) is 0 Å². The summed E-state index contributed by atoms with van der Waals surface area (Å²) in [7, 11) is 0. The SMILES string of the molecule is NC(C(=O)c1cccc(C2CCC2)c1)c1cccs1. The molecule has 0 saturated heterocycles. The first-order valence-electron chi connectivity index (χ1n) is 6.69. The zero-order valence-corrected chi connectivity index (χ0v) is 11.5. The van der Waals surface area contributed by atoms with Gasteiger partial charge < -0.3 is 5.73 Å². The van der Waals surface area contributed by atoms with Crippen molar-refractivity contribution >= 4 is 17.1 Å². The molecule has 19 heavy (non-hydrogen) atoms. The lowest BCUT2D eigenvalue weighted by Crippen LogP contribution is -2.21. The molecule has 2 aromatic rings. The molecule has 2 nitrogen and oxygen atoms in total. The van der Waals surface area contributed by atoms with Crippen LogP contribution in [0.1, 0.15) is 52.0 Å². The molecule has 1 aliphatic carbocycles. The minimum atomic E-state index is -0.531. The molecule has 1 aliphatic rings. The van der Waals surface area contributed by atoms with Crippen molar-refractivity contribution < 1.29 is 4.79 Å². The summed E-state index contributed by atoms with van der Waals surface area (Å²) >= 11 is 1.53. The highest BCUT2D eigenvalue weighted by Gasteiger charge is 2.22. The Balaban J connectivity index is 1.83. The molecule has 0 radical (unpaired) electrons. The summed E-state index contributed by atoms with van der Waals surface area (Å²) in [5.41, 5.74) is 8.08. The Labute approximate surface area is 117 Å². The van der Waals surface area contributed by atoms with Crippen LogP contribution in [0.4, 0.5) is 0 Å². The van der Waals surface area contributed by atoms with Crippen LogP contribution >= 0.6 is 11.3 Å². The molecule has 0 bridgehead atoms. The highest BCUT2D eigenvalue weighted by atomic mass is 32.1. The van der Waals surface area contributed by atoms with E-state index in [1.807, 2.05) is 35.7 Å². The minimum absolute atomic E-state index is 0.0172. The second kappa shape index (κ2) is 5.27. The van der Waals surface area contributed by atoms with Gasteiger partial charge in [0, 0.05) is 10.4 Å². The number of nitrogens with two attached hydrogens (primary N) is 1. The van der Waals surface area contributed by atoms with Gasteiger partial charge in [-0.15, -0.1) is 11.3 Å². The fourth-order valence-corrected chi connectivity index (χ4v) is 3.19. The zero-order valence-electron chi connectivity index (χ0n) is 10.7. The van der Waals surface area contributed by atoms with Gasteiger partial charge >= 0.3 is 0 Å². The first-order valence-corrected chi connectivity index (χ1v) is 7.57. The van der Waals surface area contributed by atoms with E-state index in [1.54, 1.807) is 0 Å². The lowest BCUT2D eigenvalue weighted by Gasteiger charge is -2.26. The van der Waals surface area contributed by atoms with E-state index < -0.39 is 6.04 Å². The molecule has 1 heterocycles. The molecule has 98 valence electrons. The topological polar surface area (TPSA) is 43.1 Å². The maximum absolute atomic E-state index is 12.4. The number of ketones is 1. The Morgan fingerprint density at radius 1 is 1.26 bits per heavy atom. The summed E-state index contributed by atoms with van der Waals surface area (Å²) in [6.07, 6.45) is 3.79. The molecule has 1 fully saturated rings. The third kappa shape index (κ3) is 2.48. The van der Waals surface area contributed by atoms with Crippen molar-refractivity contribution in [2.45, 2.75) is 31.2 Å². The van der Waals surface area contributed by atoms with Crippen LogP contribution in [0.15, 0.2) is 41.8 Å². The van der Waals surface area contributed by atoms with E-state index >= 15 is 0 Å². The molecule has 1 aromatic heterocycles. The van der Waals surface area contributed by atoms with Crippen LogP contribution in [0, 0.1) is 0 Å². The van der Waals surface area contributed by atoms with Crippen molar-refractivity contribution in [1.29, 1.82) is 0 Å². The Bertz CT molecular complexity index is 572. The van der Waals surface area contributed by atoms with Gasteiger partial charge in [0.25, 0.3) is 0 Å². The predicted molar refractivity (Wildman–Crippen MR) is 78.6 cm³/mol. The largest absolute Gasteiger partial charge is 0.317 e. The third-order valence-corrected chi connectivity index (χ3v) is 4.84. The van der Waals surface area contributed by atoms with Crippen LogP contribution in [0.5, 0.6) is 0 Å². The Morgan fingerprint density at radius 2 is 2.11 bits per heavy atom. The first-order chi connectivity index (χ1) is 9.25. The average molecular weight is 271 g/mol. The molecule has 1 atom stereocenters. The number of benzene rings is 1. The summed E-state index contributed by atoms with van der Waals surface area (Å²) < 4.78 is 0. The molecule has 1 aromatic carbocycles. The van der Waals surface area contributed by atoms with E-state index in [4.69, 9.17) is 5.73 Å². The number of hydrogen-bond donors (Lipinski definition) is 1. The van der Waals surface area contributed by atoms with E-state index in [0.29, 0.717) is 5.92 Å². The normalized spacial score (nSPS) is 16.9. The maximum Gasteiger partial charge on any atom is 0.184 e. The second-order valence-corrected chi connectivity index (χ2v) is 6.09. The molecule has 3 heteroatoms. The summed E-state index contributed by atoms with van der Waals surface area (Å²) in [6.45, 7) is 0. The number of carbonyl (C=O) groups excluding carboxylic acids is 1. The molecule has 0 aliphatic heterocycles. The third-order valence-electron chi connectivity index (χ3n) is 3.88. The van der Waals surface area contributed by atoms with Gasteiger partial charge in [0.05, 0.1) is 0 Å². The van der Waals surface area contributed by atoms with Gasteiger partial charge in [-0.25, -0.2) is 0 Å². The summed E-state index contributed by atoms with van der Waals surface area (Å²) in [6, 6.07) is 11.3. The lowest BCUT2D eigenvalue weighted by atomic mass is 9.79. The van der Waals surface area contributed by atoms with Crippen LogP contribution in [0.3, 0.4) is 0 Å². The Morgan fingerprint density at radius 3 is 2.74 bits per heavy atom. The van der Waals surface area contributed by atoms with E-state index in [-0.39, 0.29) is 5.78 Å². The molecular formula is C16H17NOS. The monoisotopic (exact) mass is 271 g/mol. The molecular weight excluding hydrogens is 254 g/mol. The van der Waals surface area contributed by atoms with Gasteiger partial charge in [0.15, 0.2) is 5.78 Å². The molecule has 3 rings (SSSR count). The van der Waals surface area contributed by atoms with E-state index in [2.05, 4.69) is 6.07 Å². The fourth-order valence-electron chi connectivity index (χ4n) is 2.46. The van der Waals surface area contributed by atoms with E-state index in [9.17, 15) is 4.79 Å². The number of rotatable bonds is 4. The first kappa shape index (κ1) is 12.6. The summed E-state index contributed by atoms with van der Waals surface area (Å²) in [5, 5.41) is 1.95. The molecule has 1 unspecified atom stereocenters. The van der Waals surface area contributed by atoms with Gasteiger partial charge in [-0.1, -0.05) is 30.7 Å². The highest BCUT2D eigenvalue weighted by Crippen LogP contribution is 2.36. The van der Waals surface area contributed by atoms with Crippen LogP contribution in [0.25, 0.3) is 0 Å². The highest BCUT2D eigenvalue weighted by molar-refractivity contribution is 7.10. The smallest absolute Gasteiger partial charge is 0.184 e. The van der Waals surface area contributed by atoms with Crippen LogP contribution in [-0.4, -0.2) is 5.78 Å². The van der Waals surface area contributed by atoms with Crippen molar-refractivity contribution in [2.24, 2.45) is 5.73 Å². The van der Waals surface area contributed by atoms with E-state index in [0.717, 1.165) is 10.4 Å². The number of Topliss-reactive ketones (excluding diaryl/α,β-unsaturated/α-hetero) is 1. The van der Waals surface area contributed by atoms with Crippen molar-refractivity contribution in [2.75, 3.05) is 0 Å². The number of hydrogen-bond acceptors (Lipinski definition) is 3. The Kier molecular flexibility index (Phi) is 3.49. The van der Waals surface area contributed by atoms with Crippen molar-refractivity contribution in [3.8, 4) is 0 Å². The minimum Gasteiger partial charge on any atom is -0.317 e.